The van der Waals surface area contributed by atoms with Crippen LogP contribution >= 0.6 is 0 Å². The highest BCUT2D eigenvalue weighted by Crippen LogP contribution is 2.28. The van der Waals surface area contributed by atoms with Crippen LogP contribution in [0, 0.1) is 36.5 Å². The summed E-state index contributed by atoms with van der Waals surface area (Å²) < 4.78 is 5.96. The summed E-state index contributed by atoms with van der Waals surface area (Å²) in [6.07, 6.45) is 1.78. The Morgan fingerprint density at radius 2 is 1.67 bits per heavy atom. The molecule has 1 aliphatic rings. The Morgan fingerprint density at radius 1 is 1.04 bits per heavy atom. The average Bonchev–Trinajstić information content (AvgIpc) is 2.64. The van der Waals surface area contributed by atoms with Crippen molar-refractivity contribution in [3.63, 3.8) is 0 Å². The summed E-state index contributed by atoms with van der Waals surface area (Å²) in [5.41, 5.74) is 3.37. The topological polar surface area (TPSA) is 98.3 Å². The van der Waals surface area contributed by atoms with E-state index in [0.717, 1.165) is 11.1 Å². The summed E-state index contributed by atoms with van der Waals surface area (Å²) in [5, 5.41) is 20.6. The van der Waals surface area contributed by atoms with Crippen molar-refractivity contribution < 1.29 is 9.53 Å². The number of ether oxygens (including phenoxy) is 1. The molecular weight excluding hydrogens is 340 g/mol. The van der Waals surface area contributed by atoms with Gasteiger partial charge in [0.25, 0.3) is 0 Å². The Labute approximate surface area is 157 Å². The monoisotopic (exact) mass is 356 g/mol. The van der Waals surface area contributed by atoms with Gasteiger partial charge in [-0.1, -0.05) is 0 Å². The van der Waals surface area contributed by atoms with E-state index in [9.17, 15) is 4.79 Å². The predicted octanol–water partition coefficient (Wildman–Crippen LogP) is 3.56. The van der Waals surface area contributed by atoms with Crippen LogP contribution in [-0.4, -0.2) is 11.7 Å². The molecule has 0 fully saturated rings. The van der Waals surface area contributed by atoms with Crippen molar-refractivity contribution in [2.45, 2.75) is 20.3 Å². The van der Waals surface area contributed by atoms with Gasteiger partial charge in [-0.15, -0.1) is 0 Å². The van der Waals surface area contributed by atoms with Gasteiger partial charge in [0.2, 0.25) is 5.91 Å². The first-order valence-corrected chi connectivity index (χ1v) is 8.27. The minimum Gasteiger partial charge on any atom is -0.460 e. The Morgan fingerprint density at radius 3 is 2.26 bits per heavy atom. The van der Waals surface area contributed by atoms with Gasteiger partial charge in [0.15, 0.2) is 0 Å². The SMILES string of the molecule is Cc1cc(C#N)cc(C)c1OC1=CC(=Nc2ccc(C#N)cc2)NC(=O)C1. The van der Waals surface area contributed by atoms with E-state index in [-0.39, 0.29) is 12.3 Å². The summed E-state index contributed by atoms with van der Waals surface area (Å²) in [4.78, 5) is 16.4. The lowest BCUT2D eigenvalue weighted by Gasteiger charge is -2.18. The van der Waals surface area contributed by atoms with Crippen molar-refractivity contribution in [1.82, 2.24) is 5.32 Å². The lowest BCUT2D eigenvalue weighted by molar-refractivity contribution is -0.119. The van der Waals surface area contributed by atoms with Gasteiger partial charge in [0.1, 0.15) is 17.3 Å². The molecule has 1 heterocycles. The molecule has 0 unspecified atom stereocenters. The van der Waals surface area contributed by atoms with Crippen molar-refractivity contribution in [2.24, 2.45) is 4.99 Å². The number of aliphatic imine (C=N–C) groups is 1. The maximum absolute atomic E-state index is 12.0. The number of carbonyl (C=O) groups is 1. The van der Waals surface area contributed by atoms with Crippen LogP contribution in [0.2, 0.25) is 0 Å². The van der Waals surface area contributed by atoms with E-state index in [1.807, 2.05) is 19.9 Å². The number of nitriles is 2. The molecule has 27 heavy (non-hydrogen) atoms. The second kappa shape index (κ2) is 7.55. The third-order valence-corrected chi connectivity index (χ3v) is 3.97. The standard InChI is InChI=1S/C21H16N4O2/c1-13-7-16(12-23)8-14(2)21(13)27-18-9-19(25-20(26)10-18)24-17-5-3-15(11-22)4-6-17/h3-9H,10H2,1-2H3,(H,24,25,26). The third-order valence-electron chi connectivity index (χ3n) is 3.97. The molecule has 1 N–H and O–H groups in total. The first-order chi connectivity index (χ1) is 13.0. The van der Waals surface area contributed by atoms with Gasteiger partial charge >= 0.3 is 0 Å². The molecule has 0 aromatic heterocycles. The van der Waals surface area contributed by atoms with Crippen molar-refractivity contribution in [3.8, 4) is 17.9 Å². The summed E-state index contributed by atoms with van der Waals surface area (Å²) >= 11 is 0. The molecule has 0 radical (unpaired) electrons. The van der Waals surface area contributed by atoms with E-state index < -0.39 is 0 Å². The van der Waals surface area contributed by atoms with Crippen LogP contribution in [0.5, 0.6) is 5.75 Å². The molecule has 0 atom stereocenters. The molecule has 0 spiro atoms. The maximum Gasteiger partial charge on any atom is 0.233 e. The van der Waals surface area contributed by atoms with Crippen molar-refractivity contribution in [3.05, 3.63) is 70.5 Å². The van der Waals surface area contributed by atoms with Crippen LogP contribution in [-0.2, 0) is 4.79 Å². The molecule has 6 heteroatoms. The van der Waals surface area contributed by atoms with Gasteiger partial charge in [0, 0.05) is 6.08 Å². The van der Waals surface area contributed by atoms with Crippen molar-refractivity contribution in [1.29, 1.82) is 10.5 Å². The average molecular weight is 356 g/mol. The van der Waals surface area contributed by atoms with E-state index in [1.165, 1.54) is 0 Å². The Kier molecular flexibility index (Phi) is 5.01. The van der Waals surface area contributed by atoms with E-state index in [4.69, 9.17) is 15.3 Å². The first-order valence-electron chi connectivity index (χ1n) is 8.27. The van der Waals surface area contributed by atoms with Crippen LogP contribution in [0.15, 0.2) is 53.2 Å². The highest BCUT2D eigenvalue weighted by molar-refractivity contribution is 6.08. The van der Waals surface area contributed by atoms with Crippen LogP contribution in [0.25, 0.3) is 0 Å². The summed E-state index contributed by atoms with van der Waals surface area (Å²) in [7, 11) is 0. The number of carbonyl (C=O) groups excluding carboxylic acids is 1. The highest BCUT2D eigenvalue weighted by Gasteiger charge is 2.19. The molecule has 1 aliphatic heterocycles. The molecule has 6 nitrogen and oxygen atoms in total. The number of nitrogens with zero attached hydrogens (tertiary/aromatic N) is 3. The van der Waals surface area contributed by atoms with E-state index >= 15 is 0 Å². The van der Waals surface area contributed by atoms with Crippen LogP contribution in [0.3, 0.4) is 0 Å². The van der Waals surface area contributed by atoms with Crippen LogP contribution < -0.4 is 10.1 Å². The van der Waals surface area contributed by atoms with Crippen LogP contribution in [0.4, 0.5) is 5.69 Å². The maximum atomic E-state index is 12.0. The third kappa shape index (κ3) is 4.20. The molecule has 0 saturated heterocycles. The molecule has 0 bridgehead atoms. The van der Waals surface area contributed by atoms with E-state index in [2.05, 4.69) is 16.4 Å². The fourth-order valence-corrected chi connectivity index (χ4v) is 2.77. The molecule has 3 rings (SSSR count). The number of benzene rings is 2. The van der Waals surface area contributed by atoms with Crippen molar-refractivity contribution in [2.75, 3.05) is 0 Å². The Bertz CT molecular complexity index is 1030. The second-order valence-corrected chi connectivity index (χ2v) is 6.14. The summed E-state index contributed by atoms with van der Waals surface area (Å²) in [5.74, 6) is 1.26. The molecule has 2 aromatic carbocycles. The molecule has 132 valence electrons. The lowest BCUT2D eigenvalue weighted by atomic mass is 10.1. The highest BCUT2D eigenvalue weighted by atomic mass is 16.5. The Balaban J connectivity index is 1.89. The summed E-state index contributed by atoms with van der Waals surface area (Å²) in [6.45, 7) is 3.72. The number of hydrogen-bond acceptors (Lipinski definition) is 5. The van der Waals surface area contributed by atoms with E-state index in [0.29, 0.717) is 34.2 Å². The lowest BCUT2D eigenvalue weighted by Crippen LogP contribution is -2.34. The molecule has 2 aromatic rings. The zero-order valence-electron chi connectivity index (χ0n) is 14.9. The number of nitrogens with one attached hydrogen (secondary N) is 1. The second-order valence-electron chi connectivity index (χ2n) is 6.14. The minimum absolute atomic E-state index is 0.102. The largest absolute Gasteiger partial charge is 0.460 e. The normalized spacial score (nSPS) is 14.7. The smallest absolute Gasteiger partial charge is 0.233 e. The van der Waals surface area contributed by atoms with Gasteiger partial charge in [-0.3, -0.25) is 4.79 Å². The van der Waals surface area contributed by atoms with Gasteiger partial charge in [-0.2, -0.15) is 10.5 Å². The first kappa shape index (κ1) is 17.9. The van der Waals surface area contributed by atoms with Crippen LogP contribution in [0.1, 0.15) is 28.7 Å². The van der Waals surface area contributed by atoms with Crippen molar-refractivity contribution >= 4 is 17.4 Å². The van der Waals surface area contributed by atoms with Gasteiger partial charge < -0.3 is 10.1 Å². The molecule has 1 amide bonds. The molecule has 0 aliphatic carbocycles. The fourth-order valence-electron chi connectivity index (χ4n) is 2.77. The zero-order chi connectivity index (χ0) is 19.4. The van der Waals surface area contributed by atoms with E-state index in [1.54, 1.807) is 42.5 Å². The number of hydrogen-bond donors (Lipinski definition) is 1. The molecular formula is C21H16N4O2. The minimum atomic E-state index is -0.219. The number of aryl methyl sites for hydroxylation is 2. The quantitative estimate of drug-likeness (QED) is 0.909. The zero-order valence-corrected chi connectivity index (χ0v) is 14.9. The number of amidine groups is 1. The number of rotatable bonds is 3. The summed E-state index contributed by atoms with van der Waals surface area (Å²) in [6, 6.07) is 14.4. The Hall–Kier alpha value is -3.90. The van der Waals surface area contributed by atoms with Gasteiger partial charge in [-0.25, -0.2) is 4.99 Å². The fraction of sp³-hybridized carbons (Fsp3) is 0.143. The predicted molar refractivity (Wildman–Crippen MR) is 100 cm³/mol. The molecule has 0 saturated carbocycles. The number of amides is 1. The van der Waals surface area contributed by atoms with Gasteiger partial charge in [0.05, 0.1) is 35.4 Å². The van der Waals surface area contributed by atoms with Gasteiger partial charge in [-0.05, 0) is 61.4 Å².